The Balaban J connectivity index is 1.57. The molecule has 1 heterocycles. The van der Waals surface area contributed by atoms with Crippen LogP contribution in [0.1, 0.15) is 16.1 Å². The number of para-hydroxylation sites is 1. The van der Waals surface area contributed by atoms with Gasteiger partial charge in [0.15, 0.2) is 6.61 Å². The zero-order valence-electron chi connectivity index (χ0n) is 14.5. The molecule has 0 saturated heterocycles. The molecule has 0 aliphatic rings. The highest BCUT2D eigenvalue weighted by atomic mass is 35.5. The van der Waals surface area contributed by atoms with E-state index >= 15 is 0 Å². The molecule has 2 aromatic carbocycles. The van der Waals surface area contributed by atoms with Gasteiger partial charge in [-0.3, -0.25) is 10.1 Å². The summed E-state index contributed by atoms with van der Waals surface area (Å²) < 4.78 is 23.8. The van der Waals surface area contributed by atoms with Gasteiger partial charge < -0.3 is 14.5 Å². The van der Waals surface area contributed by atoms with Crippen molar-refractivity contribution in [3.63, 3.8) is 0 Å². The van der Waals surface area contributed by atoms with E-state index in [2.05, 4.69) is 5.32 Å². The summed E-state index contributed by atoms with van der Waals surface area (Å²) >= 11 is 5.93. The predicted molar refractivity (Wildman–Crippen MR) is 99.8 cm³/mol. The lowest BCUT2D eigenvalue weighted by Crippen LogP contribution is -2.37. The van der Waals surface area contributed by atoms with Crippen molar-refractivity contribution in [2.75, 3.05) is 11.9 Å². The first-order valence-electron chi connectivity index (χ1n) is 8.06. The van der Waals surface area contributed by atoms with Crippen molar-refractivity contribution in [3.05, 3.63) is 64.6 Å². The average Bonchev–Trinajstić information content (AvgIpc) is 2.98. The van der Waals surface area contributed by atoms with Gasteiger partial charge in [-0.2, -0.15) is 0 Å². The fourth-order valence-corrected chi connectivity index (χ4v) is 2.64. The number of rotatable bonds is 4. The Bertz CT molecular complexity index is 1080. The molecule has 0 unspecified atom stereocenters. The molecule has 0 saturated carbocycles. The van der Waals surface area contributed by atoms with E-state index in [1.807, 2.05) is 5.32 Å². The van der Waals surface area contributed by atoms with Gasteiger partial charge >= 0.3 is 12.0 Å². The first-order valence-corrected chi connectivity index (χ1v) is 8.44. The number of hydrogen-bond acceptors (Lipinski definition) is 5. The SMILES string of the molecule is Cc1c(C(=O)OCC(=O)NC(=O)Nc2ccccc2F)oc2ccc(Cl)cc12. The molecule has 1 aromatic heterocycles. The van der Waals surface area contributed by atoms with Gasteiger partial charge in [0.25, 0.3) is 5.91 Å². The number of anilines is 1. The zero-order valence-corrected chi connectivity index (χ0v) is 15.3. The van der Waals surface area contributed by atoms with Gasteiger partial charge in [0.05, 0.1) is 5.69 Å². The number of hydrogen-bond donors (Lipinski definition) is 2. The topological polar surface area (TPSA) is 97.6 Å². The molecule has 7 nitrogen and oxygen atoms in total. The molecule has 0 aliphatic carbocycles. The number of benzene rings is 2. The maximum Gasteiger partial charge on any atom is 0.375 e. The second kappa shape index (κ2) is 8.10. The third-order valence-electron chi connectivity index (χ3n) is 3.79. The first kappa shape index (κ1) is 19.4. The van der Waals surface area contributed by atoms with Crippen LogP contribution < -0.4 is 10.6 Å². The highest BCUT2D eigenvalue weighted by Gasteiger charge is 2.21. The van der Waals surface area contributed by atoms with Gasteiger partial charge in [0.2, 0.25) is 5.76 Å². The minimum absolute atomic E-state index is 0.0686. The number of nitrogens with one attached hydrogen (secondary N) is 2. The molecule has 0 aliphatic heterocycles. The van der Waals surface area contributed by atoms with Crippen molar-refractivity contribution >= 4 is 46.2 Å². The van der Waals surface area contributed by atoms with Crippen molar-refractivity contribution in [1.29, 1.82) is 0 Å². The van der Waals surface area contributed by atoms with Gasteiger partial charge in [-0.1, -0.05) is 23.7 Å². The molecular weight excluding hydrogens is 391 g/mol. The van der Waals surface area contributed by atoms with Crippen LogP contribution >= 0.6 is 11.6 Å². The van der Waals surface area contributed by atoms with Crippen LogP contribution in [0.4, 0.5) is 14.9 Å². The summed E-state index contributed by atoms with van der Waals surface area (Å²) in [5.41, 5.74) is 0.865. The van der Waals surface area contributed by atoms with Crippen LogP contribution in [0.5, 0.6) is 0 Å². The molecule has 0 fully saturated rings. The van der Waals surface area contributed by atoms with Crippen LogP contribution in [0, 0.1) is 12.7 Å². The molecule has 0 bridgehead atoms. The van der Waals surface area contributed by atoms with Crippen LogP contribution in [0.2, 0.25) is 5.02 Å². The van der Waals surface area contributed by atoms with Crippen LogP contribution in [-0.2, 0) is 9.53 Å². The zero-order chi connectivity index (χ0) is 20.3. The molecule has 3 aromatic rings. The largest absolute Gasteiger partial charge is 0.450 e. The summed E-state index contributed by atoms with van der Waals surface area (Å²) in [7, 11) is 0. The maximum absolute atomic E-state index is 13.5. The Labute approximate surface area is 163 Å². The number of furan rings is 1. The molecule has 0 spiro atoms. The van der Waals surface area contributed by atoms with Crippen molar-refractivity contribution in [2.45, 2.75) is 6.92 Å². The average molecular weight is 405 g/mol. The molecule has 0 radical (unpaired) electrons. The van der Waals surface area contributed by atoms with Gasteiger partial charge in [-0.15, -0.1) is 0 Å². The summed E-state index contributed by atoms with van der Waals surface area (Å²) in [6, 6.07) is 9.37. The monoisotopic (exact) mass is 404 g/mol. The number of urea groups is 1. The number of imide groups is 1. The maximum atomic E-state index is 13.5. The number of aryl methyl sites for hydroxylation is 1. The van der Waals surface area contributed by atoms with Crippen LogP contribution in [-0.4, -0.2) is 24.5 Å². The van der Waals surface area contributed by atoms with E-state index < -0.39 is 30.3 Å². The highest BCUT2D eigenvalue weighted by Crippen LogP contribution is 2.28. The molecule has 3 amide bonds. The Morgan fingerprint density at radius 2 is 1.93 bits per heavy atom. The third-order valence-corrected chi connectivity index (χ3v) is 4.03. The molecule has 144 valence electrons. The number of halogens is 2. The van der Waals surface area contributed by atoms with Crippen molar-refractivity contribution < 1.29 is 27.9 Å². The van der Waals surface area contributed by atoms with Crippen LogP contribution in [0.25, 0.3) is 11.0 Å². The molecule has 2 N–H and O–H groups in total. The summed E-state index contributed by atoms with van der Waals surface area (Å²) in [5, 5.41) is 5.23. The fraction of sp³-hybridized carbons (Fsp3) is 0.105. The van der Waals surface area contributed by atoms with Gasteiger partial charge in [0, 0.05) is 16.0 Å². The Hall–Kier alpha value is -3.39. The van der Waals surface area contributed by atoms with E-state index in [9.17, 15) is 18.8 Å². The minimum atomic E-state index is -0.958. The highest BCUT2D eigenvalue weighted by molar-refractivity contribution is 6.31. The third kappa shape index (κ3) is 4.29. The van der Waals surface area contributed by atoms with Gasteiger partial charge in [0.1, 0.15) is 11.4 Å². The van der Waals surface area contributed by atoms with Crippen molar-refractivity contribution in [2.24, 2.45) is 0 Å². The number of amides is 3. The van der Waals surface area contributed by atoms with E-state index in [1.54, 1.807) is 25.1 Å². The number of esters is 1. The van der Waals surface area contributed by atoms with Crippen molar-refractivity contribution in [1.82, 2.24) is 5.32 Å². The molecule has 28 heavy (non-hydrogen) atoms. The Morgan fingerprint density at radius 3 is 2.68 bits per heavy atom. The molecular formula is C19H14ClFN2O5. The summed E-state index contributed by atoms with van der Waals surface area (Å²) in [5.74, 6) is -2.48. The van der Waals surface area contributed by atoms with Gasteiger partial charge in [-0.25, -0.2) is 14.0 Å². The van der Waals surface area contributed by atoms with Gasteiger partial charge in [-0.05, 0) is 37.3 Å². The number of carbonyl (C=O) groups is 3. The lowest BCUT2D eigenvalue weighted by atomic mass is 10.1. The predicted octanol–water partition coefficient (Wildman–Crippen LogP) is 4.04. The second-order valence-electron chi connectivity index (χ2n) is 5.75. The van der Waals surface area contributed by atoms with E-state index in [4.69, 9.17) is 20.8 Å². The van der Waals surface area contributed by atoms with Crippen LogP contribution in [0.3, 0.4) is 0 Å². The Morgan fingerprint density at radius 1 is 1.18 bits per heavy atom. The molecule has 0 atom stereocenters. The number of carbonyl (C=O) groups excluding carboxylic acids is 3. The summed E-state index contributed by atoms with van der Waals surface area (Å²) in [6.45, 7) is 0.932. The van der Waals surface area contributed by atoms with Crippen molar-refractivity contribution in [3.8, 4) is 0 Å². The normalized spacial score (nSPS) is 10.5. The second-order valence-corrected chi connectivity index (χ2v) is 6.19. The lowest BCUT2D eigenvalue weighted by Gasteiger charge is -2.07. The van der Waals surface area contributed by atoms with E-state index in [0.29, 0.717) is 21.6 Å². The quantitative estimate of drug-likeness (QED) is 0.639. The lowest BCUT2D eigenvalue weighted by molar-refractivity contribution is -0.123. The van der Waals surface area contributed by atoms with E-state index in [0.717, 1.165) is 6.07 Å². The minimum Gasteiger partial charge on any atom is -0.450 e. The summed E-state index contributed by atoms with van der Waals surface area (Å²) in [4.78, 5) is 35.7. The van der Waals surface area contributed by atoms with E-state index in [1.165, 1.54) is 18.2 Å². The fourth-order valence-electron chi connectivity index (χ4n) is 2.46. The smallest absolute Gasteiger partial charge is 0.375 e. The number of ether oxygens (including phenoxy) is 1. The van der Waals surface area contributed by atoms with Crippen LogP contribution in [0.15, 0.2) is 46.9 Å². The molecule has 9 heteroatoms. The first-order chi connectivity index (χ1) is 13.3. The summed E-state index contributed by atoms with van der Waals surface area (Å²) in [6.07, 6.45) is 0. The molecule has 3 rings (SSSR count). The van der Waals surface area contributed by atoms with E-state index in [-0.39, 0.29) is 11.4 Å². The number of fused-ring (bicyclic) bond motifs is 1. The Kier molecular flexibility index (Phi) is 5.60. The standard InChI is InChI=1S/C19H14ClFN2O5/c1-10-12-8-11(20)6-7-15(12)28-17(10)18(25)27-9-16(24)23-19(26)22-14-5-3-2-4-13(14)21/h2-8H,9H2,1H3,(H2,22,23,24,26).